The number of ether oxygens (including phenoxy) is 1. The van der Waals surface area contributed by atoms with Gasteiger partial charge in [0, 0.05) is 23.3 Å². The summed E-state index contributed by atoms with van der Waals surface area (Å²) in [6, 6.07) is 6.45. The highest BCUT2D eigenvalue weighted by atomic mass is 32.1. The Kier molecular flexibility index (Phi) is 3.87. The molecule has 0 amide bonds. The van der Waals surface area contributed by atoms with Gasteiger partial charge < -0.3 is 10.1 Å². The molecule has 0 aliphatic rings. The minimum atomic E-state index is -2.80. The van der Waals surface area contributed by atoms with Gasteiger partial charge in [0.15, 0.2) is 0 Å². The van der Waals surface area contributed by atoms with Crippen molar-refractivity contribution in [3.63, 3.8) is 0 Å². The number of nitrogens with zero attached hydrogens (tertiary/aromatic N) is 1. The highest BCUT2D eigenvalue weighted by Crippen LogP contribution is 2.20. The molecule has 0 aliphatic heterocycles. The Morgan fingerprint density at radius 2 is 2.29 bits per heavy atom. The predicted octanol–water partition coefficient (Wildman–Crippen LogP) is 3.36. The first-order valence-corrected chi connectivity index (χ1v) is 5.79. The van der Waals surface area contributed by atoms with Gasteiger partial charge in [0.05, 0.1) is 6.54 Å². The Morgan fingerprint density at radius 3 is 3.00 bits per heavy atom. The van der Waals surface area contributed by atoms with Gasteiger partial charge in [-0.05, 0) is 12.1 Å². The lowest BCUT2D eigenvalue weighted by Gasteiger charge is -2.08. The molecule has 0 spiro atoms. The number of alkyl halides is 2. The molecule has 1 heterocycles. The van der Waals surface area contributed by atoms with Crippen molar-refractivity contribution in [1.82, 2.24) is 4.98 Å². The first-order chi connectivity index (χ1) is 8.24. The Labute approximate surface area is 101 Å². The van der Waals surface area contributed by atoms with Crippen molar-refractivity contribution >= 4 is 17.0 Å². The molecule has 90 valence electrons. The molecule has 2 aromatic rings. The number of thiazole rings is 1. The average Bonchev–Trinajstić information content (AvgIpc) is 2.79. The van der Waals surface area contributed by atoms with E-state index in [9.17, 15) is 8.78 Å². The van der Waals surface area contributed by atoms with Gasteiger partial charge in [0.1, 0.15) is 10.8 Å². The number of hydrogen-bond acceptors (Lipinski definition) is 4. The number of halogens is 2. The summed E-state index contributed by atoms with van der Waals surface area (Å²) >= 11 is 1.53. The van der Waals surface area contributed by atoms with Gasteiger partial charge in [-0.1, -0.05) is 6.07 Å². The molecule has 6 heteroatoms. The van der Waals surface area contributed by atoms with Crippen LogP contribution >= 0.6 is 11.3 Å². The summed E-state index contributed by atoms with van der Waals surface area (Å²) in [5.74, 6) is 0.143. The van der Waals surface area contributed by atoms with Gasteiger partial charge >= 0.3 is 6.61 Å². The molecule has 0 bridgehead atoms. The molecule has 17 heavy (non-hydrogen) atoms. The van der Waals surface area contributed by atoms with E-state index in [1.807, 2.05) is 5.38 Å². The van der Waals surface area contributed by atoms with Crippen LogP contribution in [0.1, 0.15) is 5.01 Å². The van der Waals surface area contributed by atoms with Gasteiger partial charge in [-0.25, -0.2) is 4.98 Å². The van der Waals surface area contributed by atoms with E-state index in [2.05, 4.69) is 15.0 Å². The third kappa shape index (κ3) is 3.67. The summed E-state index contributed by atoms with van der Waals surface area (Å²) in [5, 5.41) is 5.90. The quantitative estimate of drug-likeness (QED) is 0.890. The number of rotatable bonds is 5. The van der Waals surface area contributed by atoms with Crippen LogP contribution in [0.15, 0.2) is 35.8 Å². The lowest BCUT2D eigenvalue weighted by molar-refractivity contribution is -0.0498. The zero-order chi connectivity index (χ0) is 12.1. The molecule has 3 nitrogen and oxygen atoms in total. The molecule has 1 aromatic heterocycles. The fourth-order valence-electron chi connectivity index (χ4n) is 1.30. The van der Waals surface area contributed by atoms with Crippen molar-refractivity contribution < 1.29 is 13.5 Å². The maximum Gasteiger partial charge on any atom is 0.387 e. The maximum atomic E-state index is 12.0. The van der Waals surface area contributed by atoms with Crippen LogP contribution in [0.2, 0.25) is 0 Å². The van der Waals surface area contributed by atoms with Crippen molar-refractivity contribution in [3.05, 3.63) is 40.8 Å². The first-order valence-electron chi connectivity index (χ1n) is 4.91. The Morgan fingerprint density at radius 1 is 1.41 bits per heavy atom. The topological polar surface area (TPSA) is 34.1 Å². The molecule has 0 saturated carbocycles. The van der Waals surface area contributed by atoms with Crippen LogP contribution < -0.4 is 10.1 Å². The van der Waals surface area contributed by atoms with Gasteiger partial charge in [-0.2, -0.15) is 8.78 Å². The zero-order valence-electron chi connectivity index (χ0n) is 8.77. The van der Waals surface area contributed by atoms with E-state index >= 15 is 0 Å². The second-order valence-electron chi connectivity index (χ2n) is 3.19. The SMILES string of the molecule is FC(F)Oc1cccc(NCc2nccs2)c1. The molecule has 1 N–H and O–H groups in total. The van der Waals surface area contributed by atoms with Gasteiger partial charge in [-0.15, -0.1) is 11.3 Å². The van der Waals surface area contributed by atoms with E-state index in [1.54, 1.807) is 18.3 Å². The van der Waals surface area contributed by atoms with Crippen molar-refractivity contribution in [1.29, 1.82) is 0 Å². The minimum Gasteiger partial charge on any atom is -0.435 e. The highest BCUT2D eigenvalue weighted by Gasteiger charge is 2.04. The molecule has 0 radical (unpaired) electrons. The number of nitrogens with one attached hydrogen (secondary N) is 1. The third-order valence-electron chi connectivity index (χ3n) is 1.99. The number of hydrogen-bond donors (Lipinski definition) is 1. The van der Waals surface area contributed by atoms with Gasteiger partial charge in [-0.3, -0.25) is 0 Å². The van der Waals surface area contributed by atoms with E-state index < -0.39 is 6.61 Å². The van der Waals surface area contributed by atoms with Crippen LogP contribution in [0, 0.1) is 0 Å². The molecule has 1 aromatic carbocycles. The summed E-state index contributed by atoms with van der Waals surface area (Å²) < 4.78 is 28.3. The van der Waals surface area contributed by atoms with Crippen LogP contribution in [0.25, 0.3) is 0 Å². The molecule has 0 saturated heterocycles. The largest absolute Gasteiger partial charge is 0.435 e. The highest BCUT2D eigenvalue weighted by molar-refractivity contribution is 7.09. The minimum absolute atomic E-state index is 0.143. The number of benzene rings is 1. The standard InChI is InChI=1S/C11H10F2N2OS/c12-11(13)16-9-3-1-2-8(6-9)15-7-10-14-4-5-17-10/h1-6,11,15H,7H2. The lowest BCUT2D eigenvalue weighted by atomic mass is 10.3. The summed E-state index contributed by atoms with van der Waals surface area (Å²) in [7, 11) is 0. The summed E-state index contributed by atoms with van der Waals surface area (Å²) in [4.78, 5) is 4.11. The normalized spacial score (nSPS) is 10.5. The van der Waals surface area contributed by atoms with E-state index in [-0.39, 0.29) is 5.75 Å². The number of anilines is 1. The molecule has 0 unspecified atom stereocenters. The second kappa shape index (κ2) is 5.58. The second-order valence-corrected chi connectivity index (χ2v) is 4.16. The maximum absolute atomic E-state index is 12.0. The van der Waals surface area contributed by atoms with Crippen molar-refractivity contribution in [2.75, 3.05) is 5.32 Å². The van der Waals surface area contributed by atoms with Gasteiger partial charge in [0.2, 0.25) is 0 Å². The van der Waals surface area contributed by atoms with E-state index in [0.29, 0.717) is 6.54 Å². The fourth-order valence-corrected chi connectivity index (χ4v) is 1.86. The summed E-state index contributed by atoms with van der Waals surface area (Å²) in [6.07, 6.45) is 1.72. The van der Waals surface area contributed by atoms with Crippen molar-refractivity contribution in [3.8, 4) is 5.75 Å². The zero-order valence-corrected chi connectivity index (χ0v) is 9.58. The summed E-state index contributed by atoms with van der Waals surface area (Å²) in [5.41, 5.74) is 0.721. The number of aromatic nitrogens is 1. The molecular formula is C11H10F2N2OS. The summed E-state index contributed by atoms with van der Waals surface area (Å²) in [6.45, 7) is -2.24. The van der Waals surface area contributed by atoms with Crippen LogP contribution in [-0.4, -0.2) is 11.6 Å². The van der Waals surface area contributed by atoms with Gasteiger partial charge in [0.25, 0.3) is 0 Å². The lowest BCUT2D eigenvalue weighted by Crippen LogP contribution is -2.03. The molecule has 0 aliphatic carbocycles. The molecular weight excluding hydrogens is 246 g/mol. The Hall–Kier alpha value is -1.69. The van der Waals surface area contributed by atoms with E-state index in [1.165, 1.54) is 23.5 Å². The van der Waals surface area contributed by atoms with E-state index in [4.69, 9.17) is 0 Å². The predicted molar refractivity (Wildman–Crippen MR) is 62.5 cm³/mol. The van der Waals surface area contributed by atoms with Crippen molar-refractivity contribution in [2.45, 2.75) is 13.2 Å². The molecule has 0 fully saturated rings. The Balaban J connectivity index is 1.96. The first kappa shape index (κ1) is 11.8. The third-order valence-corrected chi connectivity index (χ3v) is 2.77. The molecule has 0 atom stereocenters. The monoisotopic (exact) mass is 256 g/mol. The smallest absolute Gasteiger partial charge is 0.387 e. The van der Waals surface area contributed by atoms with Crippen LogP contribution in [0.5, 0.6) is 5.75 Å². The van der Waals surface area contributed by atoms with Crippen molar-refractivity contribution in [2.24, 2.45) is 0 Å². The fraction of sp³-hybridized carbons (Fsp3) is 0.182. The van der Waals surface area contributed by atoms with Crippen LogP contribution in [-0.2, 0) is 6.54 Å². The van der Waals surface area contributed by atoms with Crippen LogP contribution in [0.4, 0.5) is 14.5 Å². The average molecular weight is 256 g/mol. The molecule has 2 rings (SSSR count). The Bertz CT molecular complexity index is 462. The van der Waals surface area contributed by atoms with Crippen LogP contribution in [0.3, 0.4) is 0 Å². The van der Waals surface area contributed by atoms with E-state index in [0.717, 1.165) is 10.7 Å².